The molecule has 0 aromatic heterocycles. The molecule has 0 aromatic rings. The molecule has 51 heavy (non-hydrogen) atoms. The van der Waals surface area contributed by atoms with Crippen LogP contribution in [-0.2, 0) is 14.3 Å². The molecule has 0 aliphatic rings. The lowest BCUT2D eigenvalue weighted by atomic mass is 10.0. The average Bonchev–Trinajstić information content (AvgIpc) is 3.10. The molecule has 0 radical (unpaired) electrons. The summed E-state index contributed by atoms with van der Waals surface area (Å²) >= 11 is 0. The Labute approximate surface area is 319 Å². The van der Waals surface area contributed by atoms with Gasteiger partial charge in [-0.05, 0) is 71.4 Å². The molecule has 0 aliphatic carbocycles. The van der Waals surface area contributed by atoms with Gasteiger partial charge >= 0.3 is 5.97 Å². The minimum absolute atomic E-state index is 0.0279. The standard InChI is InChI=1S/C45H91NO5/c1-5-8-11-14-17-26-33-40-50-44(48)36-29-22-18-24-31-38-46(41-42(4)47)39-32-25-19-23-30-37-45(49)51-43(34-27-20-15-12-9-6-2)35-28-21-16-13-10-7-3/h42-43,45,47,49H,5-41H2,1-4H3/t42-,45?/m0/s1. The largest absolute Gasteiger partial charge is 0.466 e. The van der Waals surface area contributed by atoms with Crippen molar-refractivity contribution in [2.24, 2.45) is 0 Å². The van der Waals surface area contributed by atoms with Crippen LogP contribution < -0.4 is 0 Å². The Balaban J connectivity index is 4.03. The second kappa shape index (κ2) is 40.5. The summed E-state index contributed by atoms with van der Waals surface area (Å²) in [7, 11) is 0. The van der Waals surface area contributed by atoms with E-state index in [0.717, 1.165) is 90.3 Å². The molecular weight excluding hydrogens is 634 g/mol. The van der Waals surface area contributed by atoms with Crippen molar-refractivity contribution in [2.45, 2.75) is 258 Å². The number of unbranched alkanes of at least 4 members (excludes halogenated alkanes) is 24. The molecule has 0 aliphatic heterocycles. The molecule has 6 heteroatoms. The van der Waals surface area contributed by atoms with Gasteiger partial charge in [-0.25, -0.2) is 0 Å². The highest BCUT2D eigenvalue weighted by Gasteiger charge is 2.15. The van der Waals surface area contributed by atoms with Crippen molar-refractivity contribution in [1.82, 2.24) is 4.90 Å². The fourth-order valence-corrected chi connectivity index (χ4v) is 7.18. The quantitative estimate of drug-likeness (QED) is 0.0370. The zero-order chi connectivity index (χ0) is 37.5. The molecule has 0 rings (SSSR count). The van der Waals surface area contributed by atoms with E-state index >= 15 is 0 Å². The lowest BCUT2D eigenvalue weighted by molar-refractivity contribution is -0.144. The molecule has 0 saturated carbocycles. The molecule has 0 amide bonds. The van der Waals surface area contributed by atoms with Crippen molar-refractivity contribution < 1.29 is 24.5 Å². The highest BCUT2D eigenvalue weighted by Crippen LogP contribution is 2.20. The fraction of sp³-hybridized carbons (Fsp3) is 0.978. The van der Waals surface area contributed by atoms with E-state index < -0.39 is 6.29 Å². The number of hydrogen-bond donors (Lipinski definition) is 2. The molecule has 0 bridgehead atoms. The zero-order valence-corrected chi connectivity index (χ0v) is 35.0. The van der Waals surface area contributed by atoms with Gasteiger partial charge in [-0.2, -0.15) is 0 Å². The third kappa shape index (κ3) is 38.8. The predicted octanol–water partition coefficient (Wildman–Crippen LogP) is 12.8. The third-order valence-corrected chi connectivity index (χ3v) is 10.4. The molecule has 2 atom stereocenters. The second-order valence-corrected chi connectivity index (χ2v) is 15.9. The fourth-order valence-electron chi connectivity index (χ4n) is 7.18. The van der Waals surface area contributed by atoms with Gasteiger partial charge in [-0.1, -0.05) is 175 Å². The normalized spacial score (nSPS) is 13.0. The van der Waals surface area contributed by atoms with Gasteiger partial charge in [0.25, 0.3) is 0 Å². The van der Waals surface area contributed by atoms with E-state index in [9.17, 15) is 15.0 Å². The topological polar surface area (TPSA) is 79.2 Å². The minimum Gasteiger partial charge on any atom is -0.466 e. The van der Waals surface area contributed by atoms with Crippen molar-refractivity contribution in [2.75, 3.05) is 26.2 Å². The molecule has 0 aromatic carbocycles. The number of aliphatic hydroxyl groups is 2. The Kier molecular flexibility index (Phi) is 39.9. The lowest BCUT2D eigenvalue weighted by Crippen LogP contribution is -2.32. The molecule has 6 nitrogen and oxygen atoms in total. The van der Waals surface area contributed by atoms with E-state index in [-0.39, 0.29) is 18.2 Å². The Bertz CT molecular complexity index is 674. The first-order valence-electron chi connectivity index (χ1n) is 22.8. The van der Waals surface area contributed by atoms with Crippen LogP contribution in [-0.4, -0.2) is 65.8 Å². The highest BCUT2D eigenvalue weighted by molar-refractivity contribution is 5.69. The van der Waals surface area contributed by atoms with E-state index in [1.54, 1.807) is 0 Å². The number of aliphatic hydroxyl groups excluding tert-OH is 2. The molecule has 0 heterocycles. The monoisotopic (exact) mass is 726 g/mol. The maximum absolute atomic E-state index is 12.0. The van der Waals surface area contributed by atoms with Crippen LogP contribution >= 0.6 is 0 Å². The van der Waals surface area contributed by atoms with E-state index in [1.165, 1.54) is 135 Å². The number of hydrogen-bond acceptors (Lipinski definition) is 6. The minimum atomic E-state index is -0.620. The summed E-state index contributed by atoms with van der Waals surface area (Å²) in [5.41, 5.74) is 0. The van der Waals surface area contributed by atoms with Gasteiger partial charge in [0.05, 0.1) is 18.8 Å². The molecule has 0 fully saturated rings. The summed E-state index contributed by atoms with van der Waals surface area (Å²) in [5, 5.41) is 20.7. The molecule has 2 N–H and O–H groups in total. The molecule has 306 valence electrons. The maximum Gasteiger partial charge on any atom is 0.305 e. The van der Waals surface area contributed by atoms with E-state index in [1.807, 2.05) is 6.92 Å². The summed E-state index contributed by atoms with van der Waals surface area (Å²) in [4.78, 5) is 14.4. The average molecular weight is 726 g/mol. The first kappa shape index (κ1) is 50.3. The van der Waals surface area contributed by atoms with E-state index in [4.69, 9.17) is 9.47 Å². The van der Waals surface area contributed by atoms with Crippen molar-refractivity contribution in [1.29, 1.82) is 0 Å². The SMILES string of the molecule is CCCCCCCCCOC(=O)CCCCCCCN(CCCCCCCC(O)OC(CCCCCCCC)CCCCCCCC)C[C@H](C)O. The Morgan fingerprint density at radius 3 is 1.37 bits per heavy atom. The van der Waals surface area contributed by atoms with Crippen molar-refractivity contribution in [3.63, 3.8) is 0 Å². The van der Waals surface area contributed by atoms with Crippen LogP contribution in [0.3, 0.4) is 0 Å². The van der Waals surface area contributed by atoms with Crippen LogP contribution in [0, 0.1) is 0 Å². The molecule has 0 spiro atoms. The van der Waals surface area contributed by atoms with Crippen LogP contribution in [0.4, 0.5) is 0 Å². The molecule has 1 unspecified atom stereocenters. The summed E-state index contributed by atoms with van der Waals surface area (Å²) in [6.07, 6.45) is 38.3. The number of ether oxygens (including phenoxy) is 2. The van der Waals surface area contributed by atoms with Gasteiger partial charge < -0.3 is 24.6 Å². The first-order valence-corrected chi connectivity index (χ1v) is 22.8. The van der Waals surface area contributed by atoms with Gasteiger partial charge in [0.15, 0.2) is 6.29 Å². The molecule has 0 saturated heterocycles. The summed E-state index contributed by atoms with van der Waals surface area (Å²) in [6.45, 7) is 12.1. The van der Waals surface area contributed by atoms with Gasteiger partial charge in [0.1, 0.15) is 0 Å². The zero-order valence-electron chi connectivity index (χ0n) is 35.0. The second-order valence-electron chi connectivity index (χ2n) is 15.9. The maximum atomic E-state index is 12.0. The van der Waals surface area contributed by atoms with E-state index in [0.29, 0.717) is 13.0 Å². The van der Waals surface area contributed by atoms with Crippen LogP contribution in [0.1, 0.15) is 240 Å². The predicted molar refractivity (Wildman–Crippen MR) is 219 cm³/mol. The van der Waals surface area contributed by atoms with Crippen LogP contribution in [0.2, 0.25) is 0 Å². The molecular formula is C45H91NO5. The van der Waals surface area contributed by atoms with Gasteiger partial charge in [-0.3, -0.25) is 4.79 Å². The Hall–Kier alpha value is -0.690. The van der Waals surface area contributed by atoms with Crippen LogP contribution in [0.15, 0.2) is 0 Å². The van der Waals surface area contributed by atoms with Gasteiger partial charge in [0, 0.05) is 13.0 Å². The van der Waals surface area contributed by atoms with Crippen molar-refractivity contribution >= 4 is 5.97 Å². The van der Waals surface area contributed by atoms with Crippen LogP contribution in [0.25, 0.3) is 0 Å². The summed E-state index contributed by atoms with van der Waals surface area (Å²) in [5.74, 6) is -0.0279. The van der Waals surface area contributed by atoms with Crippen LogP contribution in [0.5, 0.6) is 0 Å². The smallest absolute Gasteiger partial charge is 0.305 e. The number of carbonyl (C=O) groups excluding carboxylic acids is 1. The third-order valence-electron chi connectivity index (χ3n) is 10.4. The van der Waals surface area contributed by atoms with Gasteiger partial charge in [0.2, 0.25) is 0 Å². The first-order chi connectivity index (χ1) is 24.9. The Morgan fingerprint density at radius 2 is 0.902 bits per heavy atom. The Morgan fingerprint density at radius 1 is 0.510 bits per heavy atom. The number of esters is 1. The number of rotatable bonds is 42. The number of nitrogens with zero attached hydrogens (tertiary/aromatic N) is 1. The van der Waals surface area contributed by atoms with Crippen molar-refractivity contribution in [3.05, 3.63) is 0 Å². The highest BCUT2D eigenvalue weighted by atomic mass is 16.6. The van der Waals surface area contributed by atoms with E-state index in [2.05, 4.69) is 25.7 Å². The van der Waals surface area contributed by atoms with Gasteiger partial charge in [-0.15, -0.1) is 0 Å². The number of carbonyl (C=O) groups is 1. The van der Waals surface area contributed by atoms with Crippen molar-refractivity contribution in [3.8, 4) is 0 Å². The summed E-state index contributed by atoms with van der Waals surface area (Å²) < 4.78 is 11.6. The lowest BCUT2D eigenvalue weighted by Gasteiger charge is -2.24. The summed E-state index contributed by atoms with van der Waals surface area (Å²) in [6, 6.07) is 0.